The summed E-state index contributed by atoms with van der Waals surface area (Å²) < 4.78 is 0. The lowest BCUT2D eigenvalue weighted by atomic mass is 9.76. The van der Waals surface area contributed by atoms with Gasteiger partial charge in [-0.1, -0.05) is 48.6 Å². The predicted octanol–water partition coefficient (Wildman–Crippen LogP) is 0.680. The van der Waals surface area contributed by atoms with Gasteiger partial charge in [0.2, 0.25) is 11.6 Å². The van der Waals surface area contributed by atoms with Crippen LogP contribution in [0, 0.1) is 11.8 Å². The fraction of sp³-hybridized carbons (Fsp3) is 0.353. The van der Waals surface area contributed by atoms with Crippen LogP contribution in [0.15, 0.2) is 48.6 Å². The largest absolute Gasteiger partial charge is 0.385 e. The van der Waals surface area contributed by atoms with Crippen molar-refractivity contribution in [2.24, 2.45) is 11.8 Å². The summed E-state index contributed by atoms with van der Waals surface area (Å²) in [5, 5.41) is 20.3. The molecule has 2 aliphatic rings. The van der Waals surface area contributed by atoms with Crippen LogP contribution >= 0.6 is 0 Å². The molecule has 0 fully saturated rings. The van der Waals surface area contributed by atoms with Gasteiger partial charge in [0.25, 0.3) is 5.78 Å². The van der Waals surface area contributed by atoms with Crippen LogP contribution in [0.5, 0.6) is 0 Å². The molecule has 4 atom stereocenters. The summed E-state index contributed by atoms with van der Waals surface area (Å²) in [6, 6.07) is 0. The van der Waals surface area contributed by atoms with E-state index in [1.54, 1.807) is 12.2 Å². The Labute approximate surface area is 128 Å². The summed E-state index contributed by atoms with van der Waals surface area (Å²) in [6.07, 6.45) is 11.8. The van der Waals surface area contributed by atoms with E-state index in [2.05, 4.69) is 0 Å². The van der Waals surface area contributed by atoms with Gasteiger partial charge in [-0.25, -0.2) is 0 Å². The topological polar surface area (TPSA) is 91.7 Å². The number of aliphatic hydroxyl groups is 2. The van der Waals surface area contributed by atoms with Gasteiger partial charge in [0, 0.05) is 0 Å². The van der Waals surface area contributed by atoms with Gasteiger partial charge in [-0.15, -0.1) is 0 Å². The van der Waals surface area contributed by atoms with E-state index in [1.165, 1.54) is 50.3 Å². The number of allylic oxidation sites excluding steroid dienone is 4. The summed E-state index contributed by atoms with van der Waals surface area (Å²) in [5.74, 6) is -5.39. The lowest BCUT2D eigenvalue weighted by Crippen LogP contribution is -2.47. The Kier molecular flexibility index (Phi) is 4.13. The van der Waals surface area contributed by atoms with Crippen LogP contribution in [0.25, 0.3) is 0 Å². The first-order chi connectivity index (χ1) is 10.2. The normalized spacial score (nSPS) is 36.4. The van der Waals surface area contributed by atoms with Crippen molar-refractivity contribution >= 4 is 17.3 Å². The molecule has 5 nitrogen and oxygen atoms in total. The third-order valence-electron chi connectivity index (χ3n) is 3.97. The van der Waals surface area contributed by atoms with Crippen molar-refractivity contribution < 1.29 is 24.6 Å². The molecule has 5 heteroatoms. The lowest BCUT2D eigenvalue weighted by molar-refractivity contribution is -0.149. The first-order valence-corrected chi connectivity index (χ1v) is 6.96. The fourth-order valence-corrected chi connectivity index (χ4v) is 2.56. The second-order valence-electron chi connectivity index (χ2n) is 5.95. The van der Waals surface area contributed by atoms with Crippen molar-refractivity contribution in [2.75, 3.05) is 0 Å². The Morgan fingerprint density at radius 2 is 1.14 bits per heavy atom. The molecule has 0 saturated heterocycles. The van der Waals surface area contributed by atoms with Crippen LogP contribution in [0.1, 0.15) is 13.8 Å². The molecule has 0 aromatic carbocycles. The van der Waals surface area contributed by atoms with Crippen molar-refractivity contribution in [1.82, 2.24) is 0 Å². The maximum absolute atomic E-state index is 12.3. The number of Topliss-reactive ketones (excluding diaryl/α,β-unsaturated/α-hetero) is 3. The van der Waals surface area contributed by atoms with Crippen LogP contribution in [-0.4, -0.2) is 38.8 Å². The first-order valence-electron chi connectivity index (χ1n) is 6.96. The van der Waals surface area contributed by atoms with Crippen LogP contribution in [0.4, 0.5) is 0 Å². The summed E-state index contributed by atoms with van der Waals surface area (Å²) in [4.78, 5) is 36.7. The number of rotatable bonds is 4. The molecule has 22 heavy (non-hydrogen) atoms. The van der Waals surface area contributed by atoms with Crippen LogP contribution in [0.2, 0.25) is 0 Å². The molecule has 0 aromatic heterocycles. The van der Waals surface area contributed by atoms with Crippen molar-refractivity contribution in [2.45, 2.75) is 25.0 Å². The average molecular weight is 302 g/mol. The maximum Gasteiger partial charge on any atom is 0.265 e. The minimum Gasteiger partial charge on any atom is -0.385 e. The molecular formula is C17H18O5. The van der Waals surface area contributed by atoms with Crippen molar-refractivity contribution in [3.05, 3.63) is 48.6 Å². The maximum atomic E-state index is 12.3. The lowest BCUT2D eigenvalue weighted by Gasteiger charge is -2.30. The smallest absolute Gasteiger partial charge is 0.265 e. The van der Waals surface area contributed by atoms with Crippen molar-refractivity contribution in [1.29, 1.82) is 0 Å². The zero-order valence-corrected chi connectivity index (χ0v) is 12.4. The number of ketones is 3. The number of hydrogen-bond donors (Lipinski definition) is 2. The van der Waals surface area contributed by atoms with Gasteiger partial charge in [-0.05, 0) is 13.8 Å². The number of hydrogen-bond acceptors (Lipinski definition) is 5. The van der Waals surface area contributed by atoms with E-state index in [0.717, 1.165) is 0 Å². The van der Waals surface area contributed by atoms with E-state index in [4.69, 9.17) is 0 Å². The third-order valence-corrected chi connectivity index (χ3v) is 3.97. The van der Waals surface area contributed by atoms with E-state index in [1.807, 2.05) is 0 Å². The van der Waals surface area contributed by atoms with E-state index in [0.29, 0.717) is 0 Å². The van der Waals surface area contributed by atoms with Gasteiger partial charge >= 0.3 is 0 Å². The molecule has 2 N–H and O–H groups in total. The van der Waals surface area contributed by atoms with Crippen molar-refractivity contribution in [3.8, 4) is 0 Å². The quantitative estimate of drug-likeness (QED) is 0.588. The molecule has 0 aromatic rings. The Bertz CT molecular complexity index is 577. The van der Waals surface area contributed by atoms with E-state index in [-0.39, 0.29) is 0 Å². The van der Waals surface area contributed by atoms with E-state index >= 15 is 0 Å². The minimum absolute atomic E-state index is 0.977. The third kappa shape index (κ3) is 2.91. The molecule has 2 aliphatic carbocycles. The van der Waals surface area contributed by atoms with Crippen LogP contribution in [0.3, 0.4) is 0 Å². The highest BCUT2D eigenvalue weighted by molar-refractivity contribution is 6.65. The highest BCUT2D eigenvalue weighted by Crippen LogP contribution is 2.28. The highest BCUT2D eigenvalue weighted by atomic mass is 16.3. The monoisotopic (exact) mass is 302 g/mol. The Morgan fingerprint density at radius 3 is 1.45 bits per heavy atom. The molecule has 0 aliphatic heterocycles. The molecule has 0 spiro atoms. The fourth-order valence-electron chi connectivity index (χ4n) is 2.56. The van der Waals surface area contributed by atoms with Crippen LogP contribution < -0.4 is 0 Å². The SMILES string of the molecule is CC1(O)C=CC=CC1C(=O)C(=O)C(=O)C1C=CC=CC1(C)O. The van der Waals surface area contributed by atoms with Gasteiger partial charge in [0.1, 0.15) is 0 Å². The molecule has 0 bridgehead atoms. The molecule has 116 valence electrons. The number of carbonyl (C=O) groups excluding carboxylic acids is 3. The number of carbonyl (C=O) groups is 3. The second-order valence-corrected chi connectivity index (χ2v) is 5.95. The van der Waals surface area contributed by atoms with Crippen LogP contribution in [-0.2, 0) is 14.4 Å². The molecule has 2 rings (SSSR count). The highest BCUT2D eigenvalue weighted by Gasteiger charge is 2.44. The zero-order chi connectivity index (χ0) is 16.5. The standard InChI is InChI=1S/C17H18O5/c1-16(21)9-5-3-7-11(16)13(18)15(20)14(19)12-8-4-6-10-17(12,2)22/h3-12,21-22H,1-2H3. The Balaban J connectivity index is 2.21. The Morgan fingerprint density at radius 1 is 0.773 bits per heavy atom. The second kappa shape index (κ2) is 5.59. The molecule has 0 radical (unpaired) electrons. The molecule has 0 saturated carbocycles. The van der Waals surface area contributed by atoms with Crippen molar-refractivity contribution in [3.63, 3.8) is 0 Å². The Hall–Kier alpha value is -2.11. The molecule has 4 unspecified atom stereocenters. The summed E-state index contributed by atoms with van der Waals surface area (Å²) in [6.45, 7) is 2.79. The van der Waals surface area contributed by atoms with Gasteiger partial charge in [0.05, 0.1) is 23.0 Å². The molecule has 0 heterocycles. The summed E-state index contributed by atoms with van der Waals surface area (Å²) in [7, 11) is 0. The zero-order valence-electron chi connectivity index (χ0n) is 12.4. The first kappa shape index (κ1) is 16.3. The molecule has 0 amide bonds. The summed E-state index contributed by atoms with van der Waals surface area (Å²) in [5.41, 5.74) is -3.04. The molecular weight excluding hydrogens is 284 g/mol. The minimum atomic E-state index is -1.52. The van der Waals surface area contributed by atoms with Gasteiger partial charge in [0.15, 0.2) is 0 Å². The van der Waals surface area contributed by atoms with Gasteiger partial charge in [-0.3, -0.25) is 14.4 Å². The summed E-state index contributed by atoms with van der Waals surface area (Å²) >= 11 is 0. The predicted molar refractivity (Wildman–Crippen MR) is 79.8 cm³/mol. The van der Waals surface area contributed by atoms with E-state index in [9.17, 15) is 24.6 Å². The van der Waals surface area contributed by atoms with Gasteiger partial charge < -0.3 is 10.2 Å². The van der Waals surface area contributed by atoms with Gasteiger partial charge in [-0.2, -0.15) is 0 Å². The average Bonchev–Trinajstić information content (AvgIpc) is 2.44. The van der Waals surface area contributed by atoms with E-state index < -0.39 is 40.4 Å².